The Bertz CT molecular complexity index is 1210. The molecule has 3 aromatic rings. The fourth-order valence-corrected chi connectivity index (χ4v) is 3.68. The zero-order valence-corrected chi connectivity index (χ0v) is 18.4. The largest absolute Gasteiger partial charge is 0.489 e. The van der Waals surface area contributed by atoms with Gasteiger partial charge in [0.15, 0.2) is 0 Å². The highest BCUT2D eigenvalue weighted by molar-refractivity contribution is 7.89. The number of benzene rings is 3. The van der Waals surface area contributed by atoms with Crippen molar-refractivity contribution in [2.45, 2.75) is 11.5 Å². The van der Waals surface area contributed by atoms with E-state index in [-0.39, 0.29) is 10.5 Å². The number of amides is 2. The summed E-state index contributed by atoms with van der Waals surface area (Å²) < 4.78 is 31.3. The van der Waals surface area contributed by atoms with Crippen molar-refractivity contribution in [1.82, 2.24) is 15.2 Å². The first-order valence-corrected chi connectivity index (χ1v) is 11.1. The predicted molar refractivity (Wildman–Crippen MR) is 119 cm³/mol. The summed E-state index contributed by atoms with van der Waals surface area (Å²) in [7, 11) is -0.880. The molecule has 3 rings (SSSR count). The molecule has 0 atom stereocenters. The molecule has 0 aliphatic rings. The van der Waals surface area contributed by atoms with E-state index in [9.17, 15) is 18.0 Å². The van der Waals surface area contributed by atoms with Gasteiger partial charge in [0, 0.05) is 25.2 Å². The Morgan fingerprint density at radius 2 is 1.41 bits per heavy atom. The first-order chi connectivity index (χ1) is 15.3. The normalized spacial score (nSPS) is 11.1. The molecule has 0 aliphatic carbocycles. The van der Waals surface area contributed by atoms with Crippen molar-refractivity contribution in [3.05, 3.63) is 95.6 Å². The maximum absolute atomic E-state index is 12.4. The summed E-state index contributed by atoms with van der Waals surface area (Å²) >= 11 is 0. The van der Waals surface area contributed by atoms with Crippen LogP contribution in [0.1, 0.15) is 26.3 Å². The minimum atomic E-state index is -3.69. The van der Waals surface area contributed by atoms with Crippen molar-refractivity contribution in [1.29, 1.82) is 0 Å². The van der Waals surface area contributed by atoms with E-state index < -0.39 is 21.8 Å². The van der Waals surface area contributed by atoms with E-state index >= 15 is 0 Å². The standard InChI is InChI=1S/C23H23N3O5S/c1-26(2)32(29,30)21-13-7-11-19(15-21)23(28)25-24-22(27)18-10-6-12-20(14-18)31-16-17-8-4-3-5-9-17/h3-15H,16H2,1-2H3,(H,24,27)(H,25,28). The van der Waals surface area contributed by atoms with Crippen LogP contribution < -0.4 is 15.6 Å². The minimum Gasteiger partial charge on any atom is -0.489 e. The van der Waals surface area contributed by atoms with Crippen molar-refractivity contribution in [3.63, 3.8) is 0 Å². The van der Waals surface area contributed by atoms with Gasteiger partial charge in [0.25, 0.3) is 11.8 Å². The molecular formula is C23H23N3O5S. The molecule has 8 nitrogen and oxygen atoms in total. The number of hydrazine groups is 1. The number of carbonyl (C=O) groups excluding carboxylic acids is 2. The zero-order chi connectivity index (χ0) is 23.1. The molecule has 0 spiro atoms. The summed E-state index contributed by atoms with van der Waals surface area (Å²) in [5.74, 6) is -0.680. The van der Waals surface area contributed by atoms with Crippen molar-refractivity contribution < 1.29 is 22.7 Å². The Hall–Kier alpha value is -3.69. The van der Waals surface area contributed by atoms with Crippen molar-refractivity contribution in [2.75, 3.05) is 14.1 Å². The predicted octanol–water partition coefficient (Wildman–Crippen LogP) is 2.59. The van der Waals surface area contributed by atoms with Gasteiger partial charge in [-0.15, -0.1) is 0 Å². The average Bonchev–Trinajstić information content (AvgIpc) is 2.81. The third kappa shape index (κ3) is 5.71. The summed E-state index contributed by atoms with van der Waals surface area (Å²) in [6, 6.07) is 21.7. The monoisotopic (exact) mass is 453 g/mol. The Balaban J connectivity index is 1.62. The highest BCUT2D eigenvalue weighted by Gasteiger charge is 2.19. The van der Waals surface area contributed by atoms with Crippen LogP contribution in [0, 0.1) is 0 Å². The summed E-state index contributed by atoms with van der Waals surface area (Å²) in [6.07, 6.45) is 0. The number of nitrogens with one attached hydrogen (secondary N) is 2. The van der Waals surface area contributed by atoms with E-state index in [2.05, 4.69) is 10.9 Å². The molecule has 0 unspecified atom stereocenters. The summed E-state index contributed by atoms with van der Waals surface area (Å²) in [4.78, 5) is 24.8. The second-order valence-corrected chi connectivity index (χ2v) is 9.18. The van der Waals surface area contributed by atoms with E-state index in [0.29, 0.717) is 17.9 Å². The minimum absolute atomic E-state index is 0.0234. The molecule has 32 heavy (non-hydrogen) atoms. The number of hydrogen-bond donors (Lipinski definition) is 2. The Morgan fingerprint density at radius 1 is 0.812 bits per heavy atom. The van der Waals surface area contributed by atoms with Crippen molar-refractivity contribution in [2.24, 2.45) is 0 Å². The maximum atomic E-state index is 12.4. The first kappa shape index (κ1) is 23.0. The van der Waals surface area contributed by atoms with Gasteiger partial charge in [-0.25, -0.2) is 12.7 Å². The molecule has 3 aromatic carbocycles. The molecule has 2 amide bonds. The van der Waals surface area contributed by atoms with E-state index in [4.69, 9.17) is 4.74 Å². The van der Waals surface area contributed by atoms with Crippen LogP contribution in [0.2, 0.25) is 0 Å². The van der Waals surface area contributed by atoms with Gasteiger partial charge in [0.1, 0.15) is 12.4 Å². The average molecular weight is 454 g/mol. The summed E-state index contributed by atoms with van der Waals surface area (Å²) in [5.41, 5.74) is 6.00. The van der Waals surface area contributed by atoms with Gasteiger partial charge in [-0.2, -0.15) is 0 Å². The van der Waals surface area contributed by atoms with Crippen LogP contribution in [0.5, 0.6) is 5.75 Å². The molecule has 0 bridgehead atoms. The van der Waals surface area contributed by atoms with Gasteiger partial charge in [-0.05, 0) is 42.0 Å². The Morgan fingerprint density at radius 3 is 2.03 bits per heavy atom. The number of nitrogens with zero attached hydrogens (tertiary/aromatic N) is 1. The molecular weight excluding hydrogens is 430 g/mol. The summed E-state index contributed by atoms with van der Waals surface area (Å²) in [5, 5.41) is 0. The fourth-order valence-electron chi connectivity index (χ4n) is 2.73. The van der Waals surface area contributed by atoms with Crippen LogP contribution in [0.25, 0.3) is 0 Å². The van der Waals surface area contributed by atoms with Gasteiger partial charge < -0.3 is 4.74 Å². The van der Waals surface area contributed by atoms with Crippen LogP contribution in [0.15, 0.2) is 83.8 Å². The molecule has 0 fully saturated rings. The van der Waals surface area contributed by atoms with Crippen molar-refractivity contribution >= 4 is 21.8 Å². The summed E-state index contributed by atoms with van der Waals surface area (Å²) in [6.45, 7) is 0.356. The number of sulfonamides is 1. The van der Waals surface area contributed by atoms with Crippen LogP contribution in [-0.2, 0) is 16.6 Å². The van der Waals surface area contributed by atoms with E-state index in [0.717, 1.165) is 9.87 Å². The molecule has 0 saturated carbocycles. The number of rotatable bonds is 7. The second-order valence-electron chi connectivity index (χ2n) is 7.03. The lowest BCUT2D eigenvalue weighted by atomic mass is 10.2. The lowest BCUT2D eigenvalue weighted by Crippen LogP contribution is -2.41. The lowest BCUT2D eigenvalue weighted by Gasteiger charge is -2.13. The molecule has 0 heterocycles. The number of ether oxygens (including phenoxy) is 1. The second kappa shape index (κ2) is 10.1. The quantitative estimate of drug-likeness (QED) is 0.535. The topological polar surface area (TPSA) is 105 Å². The van der Waals surface area contributed by atoms with Gasteiger partial charge in [-0.3, -0.25) is 20.4 Å². The molecule has 0 aromatic heterocycles. The van der Waals surface area contributed by atoms with Gasteiger partial charge in [0.05, 0.1) is 4.90 Å². The molecule has 9 heteroatoms. The third-order valence-electron chi connectivity index (χ3n) is 4.51. The Labute approximate surface area is 186 Å². The van der Waals surface area contributed by atoms with Crippen molar-refractivity contribution in [3.8, 4) is 5.75 Å². The number of hydrogen-bond acceptors (Lipinski definition) is 5. The van der Waals surface area contributed by atoms with Crippen LogP contribution in [0.4, 0.5) is 0 Å². The van der Waals surface area contributed by atoms with Gasteiger partial charge in [-0.1, -0.05) is 42.5 Å². The van der Waals surface area contributed by atoms with E-state index in [1.165, 1.54) is 38.4 Å². The fraction of sp³-hybridized carbons (Fsp3) is 0.130. The number of carbonyl (C=O) groups is 2. The maximum Gasteiger partial charge on any atom is 0.269 e. The molecule has 0 aliphatic heterocycles. The van der Waals surface area contributed by atoms with Gasteiger partial charge >= 0.3 is 0 Å². The highest BCUT2D eigenvalue weighted by Crippen LogP contribution is 2.16. The Kier molecular flexibility index (Phi) is 7.24. The van der Waals surface area contributed by atoms with E-state index in [1.807, 2.05) is 30.3 Å². The van der Waals surface area contributed by atoms with Crippen LogP contribution in [-0.4, -0.2) is 38.6 Å². The smallest absolute Gasteiger partial charge is 0.269 e. The first-order valence-electron chi connectivity index (χ1n) is 9.67. The molecule has 2 N–H and O–H groups in total. The van der Waals surface area contributed by atoms with E-state index in [1.54, 1.807) is 24.3 Å². The third-order valence-corrected chi connectivity index (χ3v) is 6.32. The van der Waals surface area contributed by atoms with Crippen LogP contribution >= 0.6 is 0 Å². The molecule has 0 saturated heterocycles. The highest BCUT2D eigenvalue weighted by atomic mass is 32.2. The molecule has 166 valence electrons. The SMILES string of the molecule is CN(C)S(=O)(=O)c1cccc(C(=O)NNC(=O)c2cccc(OCc3ccccc3)c2)c1. The molecule has 0 radical (unpaired) electrons. The van der Waals surface area contributed by atoms with Gasteiger partial charge in [0.2, 0.25) is 10.0 Å². The zero-order valence-electron chi connectivity index (χ0n) is 17.6. The lowest BCUT2D eigenvalue weighted by molar-refractivity contribution is 0.0846. The van der Waals surface area contributed by atoms with Crippen LogP contribution in [0.3, 0.4) is 0 Å².